The molecule has 7 heteroatoms. The lowest BCUT2D eigenvalue weighted by atomic mass is 10.2. The molecule has 2 N–H and O–H groups in total. The fourth-order valence-electron chi connectivity index (χ4n) is 1.32. The Morgan fingerprint density at radius 3 is 2.47 bits per heavy atom. The number of rotatable bonds is 5. The van der Waals surface area contributed by atoms with E-state index in [0.717, 1.165) is 0 Å². The molecule has 108 valence electrons. The van der Waals surface area contributed by atoms with E-state index in [-0.39, 0.29) is 24.4 Å². The molecule has 1 aromatic carbocycles. The van der Waals surface area contributed by atoms with Crippen LogP contribution in [0.1, 0.15) is 17.3 Å². The fourth-order valence-corrected chi connectivity index (χ4v) is 1.64. The average molecular weight is 328 g/mol. The summed E-state index contributed by atoms with van der Waals surface area (Å²) in [6.45, 7) is 2.48. The Bertz CT molecular complexity index is 441. The van der Waals surface area contributed by atoms with Crippen molar-refractivity contribution in [2.75, 3.05) is 20.7 Å². The number of nitrogens with one attached hydrogen (secondary N) is 2. The predicted molar refractivity (Wildman–Crippen MR) is 81.1 cm³/mol. The minimum Gasteiger partial charge on any atom is -0.496 e. The Labute approximate surface area is 129 Å². The SMILES string of the molecule is CNC(C)CNC(=O)c1cc(Cl)c(Cl)cc1OC.Cl. The second-order valence-electron chi connectivity index (χ2n) is 3.87. The van der Waals surface area contributed by atoms with Crippen LogP contribution in [0.15, 0.2) is 12.1 Å². The topological polar surface area (TPSA) is 50.4 Å². The van der Waals surface area contributed by atoms with Gasteiger partial charge in [-0.05, 0) is 20.0 Å². The van der Waals surface area contributed by atoms with Crippen LogP contribution in [-0.2, 0) is 0 Å². The van der Waals surface area contributed by atoms with Gasteiger partial charge in [-0.15, -0.1) is 12.4 Å². The van der Waals surface area contributed by atoms with Crippen LogP contribution in [0, 0.1) is 0 Å². The van der Waals surface area contributed by atoms with Crippen LogP contribution in [-0.4, -0.2) is 32.7 Å². The maximum Gasteiger partial charge on any atom is 0.255 e. The van der Waals surface area contributed by atoms with Gasteiger partial charge in [0.2, 0.25) is 0 Å². The molecule has 0 aromatic heterocycles. The van der Waals surface area contributed by atoms with E-state index in [1.54, 1.807) is 0 Å². The van der Waals surface area contributed by atoms with Gasteiger partial charge in [-0.25, -0.2) is 0 Å². The second-order valence-corrected chi connectivity index (χ2v) is 4.68. The Balaban J connectivity index is 0.00000324. The highest BCUT2D eigenvalue weighted by Gasteiger charge is 2.15. The maximum absolute atomic E-state index is 12.0. The van der Waals surface area contributed by atoms with Crippen LogP contribution >= 0.6 is 35.6 Å². The van der Waals surface area contributed by atoms with E-state index in [0.29, 0.717) is 27.9 Å². The first-order chi connectivity index (χ1) is 8.49. The lowest BCUT2D eigenvalue weighted by molar-refractivity contribution is 0.0947. The van der Waals surface area contributed by atoms with Crippen molar-refractivity contribution in [1.82, 2.24) is 10.6 Å². The van der Waals surface area contributed by atoms with Crippen LogP contribution in [0.2, 0.25) is 10.0 Å². The number of amides is 1. The third-order valence-electron chi connectivity index (χ3n) is 2.55. The molecule has 1 atom stereocenters. The summed E-state index contributed by atoms with van der Waals surface area (Å²) in [6, 6.07) is 3.21. The summed E-state index contributed by atoms with van der Waals surface area (Å²) < 4.78 is 5.12. The number of carbonyl (C=O) groups is 1. The molecule has 0 fully saturated rings. The third kappa shape index (κ3) is 5.07. The van der Waals surface area contributed by atoms with E-state index in [1.165, 1.54) is 19.2 Å². The van der Waals surface area contributed by atoms with Gasteiger partial charge in [0.25, 0.3) is 5.91 Å². The molecular weight excluding hydrogens is 311 g/mol. The smallest absolute Gasteiger partial charge is 0.255 e. The van der Waals surface area contributed by atoms with Crippen LogP contribution in [0.25, 0.3) is 0 Å². The molecule has 1 aromatic rings. The molecule has 0 spiro atoms. The van der Waals surface area contributed by atoms with Crippen molar-refractivity contribution in [3.8, 4) is 5.75 Å². The van der Waals surface area contributed by atoms with Gasteiger partial charge in [0.15, 0.2) is 0 Å². The molecule has 0 aliphatic heterocycles. The van der Waals surface area contributed by atoms with Crippen LogP contribution in [0.3, 0.4) is 0 Å². The zero-order valence-corrected chi connectivity index (χ0v) is 13.2. The first-order valence-electron chi connectivity index (χ1n) is 5.48. The van der Waals surface area contributed by atoms with E-state index in [9.17, 15) is 4.79 Å². The fraction of sp³-hybridized carbons (Fsp3) is 0.417. The summed E-state index contributed by atoms with van der Waals surface area (Å²) in [5, 5.41) is 6.49. The molecule has 0 saturated carbocycles. The second kappa shape index (κ2) is 8.48. The zero-order chi connectivity index (χ0) is 13.7. The summed E-state index contributed by atoms with van der Waals surface area (Å²) in [5.74, 6) is 0.159. The van der Waals surface area contributed by atoms with Gasteiger partial charge >= 0.3 is 0 Å². The number of hydrogen-bond acceptors (Lipinski definition) is 3. The molecule has 1 unspecified atom stereocenters. The zero-order valence-electron chi connectivity index (χ0n) is 10.9. The van der Waals surface area contributed by atoms with Gasteiger partial charge in [0.05, 0.1) is 22.7 Å². The highest BCUT2D eigenvalue weighted by Crippen LogP contribution is 2.30. The molecule has 1 amide bonds. The third-order valence-corrected chi connectivity index (χ3v) is 3.27. The molecule has 0 aliphatic carbocycles. The summed E-state index contributed by atoms with van der Waals surface area (Å²) in [4.78, 5) is 12.0. The van der Waals surface area contributed by atoms with Gasteiger partial charge in [-0.3, -0.25) is 4.79 Å². The van der Waals surface area contributed by atoms with Crippen molar-refractivity contribution >= 4 is 41.5 Å². The summed E-state index contributed by atoms with van der Waals surface area (Å²) in [7, 11) is 3.31. The maximum atomic E-state index is 12.0. The van der Waals surface area contributed by atoms with Crippen molar-refractivity contribution in [3.63, 3.8) is 0 Å². The Kier molecular flexibility index (Phi) is 8.18. The Morgan fingerprint density at radius 2 is 1.95 bits per heavy atom. The van der Waals surface area contributed by atoms with E-state index in [2.05, 4.69) is 10.6 Å². The molecule has 0 saturated heterocycles. The number of hydrogen-bond donors (Lipinski definition) is 2. The van der Waals surface area contributed by atoms with E-state index >= 15 is 0 Å². The predicted octanol–water partition coefficient (Wildman–Crippen LogP) is 2.76. The number of methoxy groups -OCH3 is 1. The highest BCUT2D eigenvalue weighted by atomic mass is 35.5. The number of halogens is 3. The first-order valence-corrected chi connectivity index (χ1v) is 6.23. The molecule has 0 radical (unpaired) electrons. The Hall–Kier alpha value is -0.680. The molecule has 0 aliphatic rings. The van der Waals surface area contributed by atoms with Gasteiger partial charge in [-0.2, -0.15) is 0 Å². The van der Waals surface area contributed by atoms with E-state index in [1.807, 2.05) is 14.0 Å². The summed E-state index contributed by atoms with van der Waals surface area (Å²) in [5.41, 5.74) is 0.371. The molecular formula is C12H17Cl3N2O2. The Morgan fingerprint density at radius 1 is 1.37 bits per heavy atom. The van der Waals surface area contributed by atoms with Gasteiger partial charge in [0, 0.05) is 18.7 Å². The molecule has 0 bridgehead atoms. The van der Waals surface area contributed by atoms with Gasteiger partial charge in [-0.1, -0.05) is 23.2 Å². The quantitative estimate of drug-likeness (QED) is 0.874. The van der Waals surface area contributed by atoms with Crippen molar-refractivity contribution in [1.29, 1.82) is 0 Å². The number of likely N-dealkylation sites (N-methyl/N-ethyl adjacent to an activating group) is 1. The molecule has 19 heavy (non-hydrogen) atoms. The number of carbonyl (C=O) groups excluding carboxylic acids is 1. The molecule has 4 nitrogen and oxygen atoms in total. The van der Waals surface area contributed by atoms with Gasteiger partial charge in [0.1, 0.15) is 5.75 Å². The minimum atomic E-state index is -0.243. The first kappa shape index (κ1) is 18.3. The lowest BCUT2D eigenvalue weighted by Gasteiger charge is -2.13. The molecule has 0 heterocycles. The highest BCUT2D eigenvalue weighted by molar-refractivity contribution is 6.42. The normalized spacial score (nSPS) is 11.4. The average Bonchev–Trinajstić information content (AvgIpc) is 2.37. The van der Waals surface area contributed by atoms with E-state index in [4.69, 9.17) is 27.9 Å². The van der Waals surface area contributed by atoms with Crippen LogP contribution in [0.4, 0.5) is 0 Å². The minimum absolute atomic E-state index is 0. The number of ether oxygens (including phenoxy) is 1. The standard InChI is InChI=1S/C12H16Cl2N2O2.ClH/c1-7(15-2)6-16-12(17)8-4-9(13)10(14)5-11(8)18-3;/h4-5,7,15H,6H2,1-3H3,(H,16,17);1H. The molecule has 1 rings (SSSR count). The van der Waals surface area contributed by atoms with Crippen molar-refractivity contribution in [2.45, 2.75) is 13.0 Å². The summed E-state index contributed by atoms with van der Waals surface area (Å²) in [6.07, 6.45) is 0. The summed E-state index contributed by atoms with van der Waals surface area (Å²) >= 11 is 11.8. The van der Waals surface area contributed by atoms with Crippen LogP contribution in [0.5, 0.6) is 5.75 Å². The van der Waals surface area contributed by atoms with Crippen molar-refractivity contribution in [3.05, 3.63) is 27.7 Å². The lowest BCUT2D eigenvalue weighted by Crippen LogP contribution is -2.37. The van der Waals surface area contributed by atoms with Crippen molar-refractivity contribution < 1.29 is 9.53 Å². The van der Waals surface area contributed by atoms with Crippen molar-refractivity contribution in [2.24, 2.45) is 0 Å². The number of benzene rings is 1. The van der Waals surface area contributed by atoms with E-state index < -0.39 is 0 Å². The van der Waals surface area contributed by atoms with Gasteiger partial charge < -0.3 is 15.4 Å². The monoisotopic (exact) mass is 326 g/mol. The largest absolute Gasteiger partial charge is 0.496 e. The van der Waals surface area contributed by atoms with Crippen LogP contribution < -0.4 is 15.4 Å².